The van der Waals surface area contributed by atoms with Crippen molar-refractivity contribution in [3.8, 4) is 5.75 Å². The van der Waals surface area contributed by atoms with Crippen LogP contribution >= 0.6 is 0 Å². The second-order valence-corrected chi connectivity index (χ2v) is 6.13. The summed E-state index contributed by atoms with van der Waals surface area (Å²) in [7, 11) is 0. The van der Waals surface area contributed by atoms with Gasteiger partial charge in [0.1, 0.15) is 5.75 Å². The largest absolute Gasteiger partial charge is 0.493 e. The highest BCUT2D eigenvalue weighted by Crippen LogP contribution is 2.28. The summed E-state index contributed by atoms with van der Waals surface area (Å²) in [6, 6.07) is 5.67. The van der Waals surface area contributed by atoms with Crippen molar-refractivity contribution in [3.05, 3.63) is 18.2 Å². The van der Waals surface area contributed by atoms with E-state index in [2.05, 4.69) is 12.2 Å². The molecule has 0 heterocycles. The van der Waals surface area contributed by atoms with Crippen LogP contribution in [0.4, 0.5) is 11.4 Å². The van der Waals surface area contributed by atoms with Gasteiger partial charge in [-0.2, -0.15) is 0 Å². The van der Waals surface area contributed by atoms with Crippen LogP contribution in [-0.4, -0.2) is 23.9 Å². The Balaban J connectivity index is 1.96. The van der Waals surface area contributed by atoms with Gasteiger partial charge in [0.2, 0.25) is 0 Å². The molecule has 0 spiro atoms. The topological polar surface area (TPSA) is 67.5 Å². The number of nitrogens with two attached hydrogens (primary N) is 1. The summed E-state index contributed by atoms with van der Waals surface area (Å²) in [5.74, 6) is 0.784. The molecule has 1 aromatic rings. The van der Waals surface area contributed by atoms with Crippen LogP contribution in [0.15, 0.2) is 18.2 Å². The molecule has 0 unspecified atom stereocenters. The number of rotatable bonds is 6. The zero-order chi connectivity index (χ0) is 15.1. The number of hydrogen-bond donors (Lipinski definition) is 3. The minimum Gasteiger partial charge on any atom is -0.493 e. The van der Waals surface area contributed by atoms with Crippen LogP contribution in [-0.2, 0) is 0 Å². The van der Waals surface area contributed by atoms with Crippen LogP contribution in [0.25, 0.3) is 0 Å². The van der Waals surface area contributed by atoms with Crippen molar-refractivity contribution < 1.29 is 9.84 Å². The highest BCUT2D eigenvalue weighted by molar-refractivity contribution is 5.59. The minimum absolute atomic E-state index is 0.573. The van der Waals surface area contributed by atoms with Crippen molar-refractivity contribution in [1.82, 2.24) is 0 Å². The molecule has 1 fully saturated rings. The average Bonchev–Trinajstić information content (AvgIpc) is 2.68. The Morgan fingerprint density at radius 1 is 1.19 bits per heavy atom. The Morgan fingerprint density at radius 3 is 2.57 bits per heavy atom. The van der Waals surface area contributed by atoms with E-state index in [4.69, 9.17) is 10.5 Å². The molecule has 0 atom stereocenters. The highest BCUT2D eigenvalue weighted by atomic mass is 16.5. The first-order valence-electron chi connectivity index (χ1n) is 8.11. The van der Waals surface area contributed by atoms with Crippen LogP contribution in [0.1, 0.15) is 51.9 Å². The number of hydrogen-bond acceptors (Lipinski definition) is 4. The van der Waals surface area contributed by atoms with Crippen LogP contribution in [0, 0.1) is 0 Å². The summed E-state index contributed by atoms with van der Waals surface area (Å²) in [6.07, 6.45) is 7.41. The summed E-state index contributed by atoms with van der Waals surface area (Å²) in [6.45, 7) is 3.34. The maximum Gasteiger partial charge on any atom is 0.123 e. The summed E-state index contributed by atoms with van der Waals surface area (Å²) in [5, 5.41) is 14.0. The van der Waals surface area contributed by atoms with E-state index in [0.29, 0.717) is 18.8 Å². The van der Waals surface area contributed by atoms with Crippen molar-refractivity contribution in [1.29, 1.82) is 0 Å². The molecule has 0 aromatic heterocycles. The molecule has 21 heavy (non-hydrogen) atoms. The molecule has 2 rings (SSSR count). The highest BCUT2D eigenvalue weighted by Gasteiger charge is 2.27. The Hall–Kier alpha value is -1.42. The van der Waals surface area contributed by atoms with Crippen molar-refractivity contribution in [2.75, 3.05) is 24.2 Å². The molecule has 4 N–H and O–H groups in total. The maximum absolute atomic E-state index is 10.7. The monoisotopic (exact) mass is 292 g/mol. The minimum atomic E-state index is -0.592. The fraction of sp³-hybridized carbons (Fsp3) is 0.647. The first-order chi connectivity index (χ1) is 10.1. The smallest absolute Gasteiger partial charge is 0.123 e. The molecule has 0 saturated heterocycles. The van der Waals surface area contributed by atoms with Gasteiger partial charge in [-0.25, -0.2) is 0 Å². The molecule has 0 radical (unpaired) electrons. The molecular weight excluding hydrogens is 264 g/mol. The third-order valence-corrected chi connectivity index (χ3v) is 4.06. The van der Waals surface area contributed by atoms with Gasteiger partial charge in [-0.15, -0.1) is 0 Å². The molecule has 1 saturated carbocycles. The molecule has 4 nitrogen and oxygen atoms in total. The molecule has 1 aromatic carbocycles. The Morgan fingerprint density at radius 2 is 1.90 bits per heavy atom. The van der Waals surface area contributed by atoms with Gasteiger partial charge < -0.3 is 20.9 Å². The summed E-state index contributed by atoms with van der Waals surface area (Å²) in [5.41, 5.74) is 6.92. The number of nitrogen functional groups attached to an aromatic ring is 1. The van der Waals surface area contributed by atoms with E-state index >= 15 is 0 Å². The van der Waals surface area contributed by atoms with Gasteiger partial charge in [0.05, 0.1) is 12.2 Å². The molecule has 0 amide bonds. The molecule has 4 heteroatoms. The predicted molar refractivity (Wildman–Crippen MR) is 87.8 cm³/mol. The van der Waals surface area contributed by atoms with Crippen molar-refractivity contribution in [2.45, 2.75) is 57.5 Å². The summed E-state index contributed by atoms with van der Waals surface area (Å²) < 4.78 is 5.63. The first kappa shape index (κ1) is 16.0. The number of ether oxygens (including phenoxy) is 1. The van der Waals surface area contributed by atoms with E-state index in [-0.39, 0.29) is 0 Å². The SMILES string of the molecule is CCCOc1cc(N)cc(NCC2(O)CCCCCC2)c1. The Bertz CT molecular complexity index is 440. The lowest BCUT2D eigenvalue weighted by Crippen LogP contribution is -2.36. The fourth-order valence-corrected chi connectivity index (χ4v) is 2.86. The lowest BCUT2D eigenvalue weighted by molar-refractivity contribution is 0.0381. The van der Waals surface area contributed by atoms with Gasteiger partial charge in [-0.3, -0.25) is 0 Å². The van der Waals surface area contributed by atoms with Crippen molar-refractivity contribution in [2.24, 2.45) is 0 Å². The lowest BCUT2D eigenvalue weighted by Gasteiger charge is -2.27. The van der Waals surface area contributed by atoms with Crippen molar-refractivity contribution >= 4 is 11.4 Å². The predicted octanol–water partition coefficient (Wildman–Crippen LogP) is 3.55. The van der Waals surface area contributed by atoms with Crippen LogP contribution in [0.5, 0.6) is 5.75 Å². The fourth-order valence-electron chi connectivity index (χ4n) is 2.86. The maximum atomic E-state index is 10.7. The average molecular weight is 292 g/mol. The third kappa shape index (κ3) is 5.12. The van der Waals surface area contributed by atoms with Gasteiger partial charge in [-0.1, -0.05) is 32.6 Å². The molecule has 1 aliphatic carbocycles. The number of nitrogens with one attached hydrogen (secondary N) is 1. The second-order valence-electron chi connectivity index (χ2n) is 6.13. The zero-order valence-electron chi connectivity index (χ0n) is 13.0. The van der Waals surface area contributed by atoms with E-state index in [1.165, 1.54) is 12.8 Å². The molecule has 0 bridgehead atoms. The third-order valence-electron chi connectivity index (χ3n) is 4.06. The molecule has 118 valence electrons. The summed E-state index contributed by atoms with van der Waals surface area (Å²) in [4.78, 5) is 0. The number of anilines is 2. The molecule has 0 aliphatic heterocycles. The second kappa shape index (κ2) is 7.55. The standard InChI is InChI=1S/C17H28N2O2/c1-2-9-21-16-11-14(18)10-15(12-16)19-13-17(20)7-5-3-4-6-8-17/h10-12,19-20H,2-9,13,18H2,1H3. The van der Waals surface area contributed by atoms with E-state index in [1.807, 2.05) is 18.2 Å². The van der Waals surface area contributed by atoms with E-state index in [1.54, 1.807) is 0 Å². The molecule has 1 aliphatic rings. The number of benzene rings is 1. The molecular formula is C17H28N2O2. The van der Waals surface area contributed by atoms with Gasteiger partial charge in [0, 0.05) is 30.1 Å². The quantitative estimate of drug-likeness (QED) is 0.554. The van der Waals surface area contributed by atoms with Gasteiger partial charge in [-0.05, 0) is 25.3 Å². The Labute approximate surface area is 127 Å². The van der Waals surface area contributed by atoms with Crippen LogP contribution in [0.3, 0.4) is 0 Å². The zero-order valence-corrected chi connectivity index (χ0v) is 13.0. The van der Waals surface area contributed by atoms with Crippen LogP contribution < -0.4 is 15.8 Å². The van der Waals surface area contributed by atoms with E-state index in [0.717, 1.165) is 43.5 Å². The van der Waals surface area contributed by atoms with Gasteiger partial charge >= 0.3 is 0 Å². The van der Waals surface area contributed by atoms with Crippen LogP contribution in [0.2, 0.25) is 0 Å². The summed E-state index contributed by atoms with van der Waals surface area (Å²) >= 11 is 0. The van der Waals surface area contributed by atoms with E-state index in [9.17, 15) is 5.11 Å². The lowest BCUT2D eigenvalue weighted by atomic mass is 9.94. The van der Waals surface area contributed by atoms with E-state index < -0.39 is 5.60 Å². The Kier molecular flexibility index (Phi) is 5.74. The van der Waals surface area contributed by atoms with Gasteiger partial charge in [0.25, 0.3) is 0 Å². The van der Waals surface area contributed by atoms with Crippen molar-refractivity contribution in [3.63, 3.8) is 0 Å². The number of aliphatic hydroxyl groups is 1. The first-order valence-corrected chi connectivity index (χ1v) is 8.11. The van der Waals surface area contributed by atoms with Gasteiger partial charge in [0.15, 0.2) is 0 Å². The normalized spacial score (nSPS) is 18.0.